The van der Waals surface area contributed by atoms with Gasteiger partial charge in [-0.3, -0.25) is 9.69 Å². The van der Waals surface area contributed by atoms with Crippen molar-refractivity contribution in [2.45, 2.75) is 32.9 Å². The van der Waals surface area contributed by atoms with Crippen LogP contribution >= 0.6 is 0 Å². The molecule has 1 N–H and O–H groups in total. The topological polar surface area (TPSA) is 66.9 Å². The van der Waals surface area contributed by atoms with E-state index in [4.69, 9.17) is 9.47 Å². The number of piperazine rings is 1. The number of fused-ring (bicyclic) bond motifs is 1. The Balaban J connectivity index is 1.29. The van der Waals surface area contributed by atoms with Crippen molar-refractivity contribution >= 4 is 11.7 Å². The Morgan fingerprint density at radius 2 is 2.10 bits per heavy atom. The van der Waals surface area contributed by atoms with Gasteiger partial charge in [0.1, 0.15) is 23.4 Å². The molecule has 160 valence electrons. The van der Waals surface area contributed by atoms with Gasteiger partial charge in [-0.1, -0.05) is 6.07 Å². The van der Waals surface area contributed by atoms with Crippen LogP contribution in [-0.4, -0.2) is 61.2 Å². The van der Waals surface area contributed by atoms with E-state index in [9.17, 15) is 4.79 Å². The van der Waals surface area contributed by atoms with Crippen molar-refractivity contribution in [1.82, 2.24) is 15.2 Å². The average molecular weight is 411 g/mol. The number of hydrogen-bond acceptors (Lipinski definition) is 6. The number of nitrogens with zero attached hydrogens (tertiary/aromatic N) is 3. The molecule has 2 aromatic rings. The summed E-state index contributed by atoms with van der Waals surface area (Å²) in [5.41, 5.74) is 2.13. The Morgan fingerprint density at radius 1 is 1.27 bits per heavy atom. The van der Waals surface area contributed by atoms with Gasteiger partial charge in [0.15, 0.2) is 0 Å². The van der Waals surface area contributed by atoms with Gasteiger partial charge in [-0.15, -0.1) is 0 Å². The van der Waals surface area contributed by atoms with E-state index in [1.54, 1.807) is 0 Å². The summed E-state index contributed by atoms with van der Waals surface area (Å²) in [6, 6.07) is 10.0. The second kappa shape index (κ2) is 9.34. The van der Waals surface area contributed by atoms with Crippen LogP contribution in [0.15, 0.2) is 36.5 Å². The van der Waals surface area contributed by atoms with Gasteiger partial charge in [-0.05, 0) is 38.1 Å². The number of carbonyl (C=O) groups excluding carboxylic acids is 1. The van der Waals surface area contributed by atoms with Crippen LogP contribution in [0.25, 0.3) is 0 Å². The molecular formula is C23H30N4O3. The number of pyridine rings is 1. The van der Waals surface area contributed by atoms with Crippen LogP contribution < -0.4 is 19.7 Å². The van der Waals surface area contributed by atoms with E-state index in [1.165, 1.54) is 5.56 Å². The summed E-state index contributed by atoms with van der Waals surface area (Å²) in [5.74, 6) is 2.76. The van der Waals surface area contributed by atoms with Crippen LogP contribution in [0.1, 0.15) is 25.0 Å². The van der Waals surface area contributed by atoms with E-state index in [0.29, 0.717) is 19.7 Å². The minimum Gasteiger partial charge on any atom is -0.494 e. The number of aromatic nitrogens is 1. The minimum atomic E-state index is 0.0264. The van der Waals surface area contributed by atoms with Crippen LogP contribution in [0.5, 0.6) is 11.5 Å². The molecule has 3 heterocycles. The van der Waals surface area contributed by atoms with Crippen LogP contribution in [0.4, 0.5) is 5.82 Å². The normalized spacial score (nSPS) is 18.6. The molecule has 4 rings (SSSR count). The molecule has 1 atom stereocenters. The standard InChI is InChI=1S/C23H30N4O3/c1-3-29-20-13-18-12-17(2)30-21(18)14-19(20)15-25-23(28)16-26-8-10-27(11-9-26)22-6-4-5-7-24-22/h4-7,13-14,17H,3,8-12,15-16H2,1-2H3,(H,25,28). The zero-order chi connectivity index (χ0) is 20.9. The molecule has 1 aromatic heterocycles. The summed E-state index contributed by atoms with van der Waals surface area (Å²) in [7, 11) is 0. The molecule has 1 fully saturated rings. The van der Waals surface area contributed by atoms with E-state index < -0.39 is 0 Å². The second-order valence-corrected chi connectivity index (χ2v) is 7.86. The van der Waals surface area contributed by atoms with E-state index in [-0.39, 0.29) is 12.0 Å². The first-order chi connectivity index (χ1) is 14.6. The van der Waals surface area contributed by atoms with Crippen molar-refractivity contribution in [3.63, 3.8) is 0 Å². The largest absolute Gasteiger partial charge is 0.494 e. The molecule has 7 nitrogen and oxygen atoms in total. The van der Waals surface area contributed by atoms with Gasteiger partial charge >= 0.3 is 0 Å². The van der Waals surface area contributed by atoms with E-state index in [0.717, 1.165) is 55.5 Å². The minimum absolute atomic E-state index is 0.0264. The zero-order valence-electron chi connectivity index (χ0n) is 17.8. The van der Waals surface area contributed by atoms with E-state index in [2.05, 4.69) is 33.1 Å². The van der Waals surface area contributed by atoms with Crippen molar-refractivity contribution in [2.24, 2.45) is 0 Å². The van der Waals surface area contributed by atoms with Gasteiger partial charge < -0.3 is 19.7 Å². The molecule has 0 bridgehead atoms. The fourth-order valence-electron chi connectivity index (χ4n) is 4.04. The van der Waals surface area contributed by atoms with Crippen LogP contribution in [0, 0.1) is 0 Å². The number of carbonyl (C=O) groups is 1. The highest BCUT2D eigenvalue weighted by Crippen LogP contribution is 2.35. The third-order valence-corrected chi connectivity index (χ3v) is 5.57. The molecule has 1 unspecified atom stereocenters. The van der Waals surface area contributed by atoms with Crippen molar-refractivity contribution in [2.75, 3.05) is 44.2 Å². The van der Waals surface area contributed by atoms with Gasteiger partial charge in [0.25, 0.3) is 0 Å². The lowest BCUT2D eigenvalue weighted by Gasteiger charge is -2.34. The number of hydrogen-bond donors (Lipinski definition) is 1. The number of amides is 1. The molecular weight excluding hydrogens is 380 g/mol. The van der Waals surface area contributed by atoms with Crippen LogP contribution in [0.2, 0.25) is 0 Å². The Labute approximate surface area is 178 Å². The number of rotatable bonds is 7. The summed E-state index contributed by atoms with van der Waals surface area (Å²) >= 11 is 0. The average Bonchev–Trinajstić information content (AvgIpc) is 3.12. The molecule has 2 aliphatic rings. The van der Waals surface area contributed by atoms with Gasteiger partial charge in [-0.2, -0.15) is 0 Å². The van der Waals surface area contributed by atoms with Crippen molar-refractivity contribution in [3.05, 3.63) is 47.7 Å². The molecule has 0 aliphatic carbocycles. The number of benzene rings is 1. The first-order valence-corrected chi connectivity index (χ1v) is 10.7. The fourth-order valence-corrected chi connectivity index (χ4v) is 4.04. The summed E-state index contributed by atoms with van der Waals surface area (Å²) in [6.45, 7) is 8.91. The quantitative estimate of drug-likeness (QED) is 0.755. The molecule has 2 aliphatic heterocycles. The number of anilines is 1. The lowest BCUT2D eigenvalue weighted by atomic mass is 10.1. The Hall–Kier alpha value is -2.80. The maximum Gasteiger partial charge on any atom is 0.234 e. The third-order valence-electron chi connectivity index (χ3n) is 5.57. The fraction of sp³-hybridized carbons (Fsp3) is 0.478. The zero-order valence-corrected chi connectivity index (χ0v) is 17.8. The van der Waals surface area contributed by atoms with Crippen LogP contribution in [-0.2, 0) is 17.8 Å². The number of nitrogens with one attached hydrogen (secondary N) is 1. The Morgan fingerprint density at radius 3 is 2.83 bits per heavy atom. The van der Waals surface area contributed by atoms with Crippen molar-refractivity contribution in [3.8, 4) is 11.5 Å². The van der Waals surface area contributed by atoms with Crippen molar-refractivity contribution < 1.29 is 14.3 Å². The Kier molecular flexibility index (Phi) is 6.38. The summed E-state index contributed by atoms with van der Waals surface area (Å²) < 4.78 is 11.7. The third kappa shape index (κ3) is 4.84. The van der Waals surface area contributed by atoms with Gasteiger partial charge in [0.2, 0.25) is 5.91 Å². The second-order valence-electron chi connectivity index (χ2n) is 7.86. The highest BCUT2D eigenvalue weighted by Gasteiger charge is 2.23. The lowest BCUT2D eigenvalue weighted by Crippen LogP contribution is -2.49. The monoisotopic (exact) mass is 410 g/mol. The smallest absolute Gasteiger partial charge is 0.234 e. The molecule has 0 radical (unpaired) electrons. The van der Waals surface area contributed by atoms with Crippen LogP contribution in [0.3, 0.4) is 0 Å². The van der Waals surface area contributed by atoms with E-state index >= 15 is 0 Å². The first kappa shape index (κ1) is 20.5. The predicted octanol–water partition coefficient (Wildman–Crippen LogP) is 2.24. The highest BCUT2D eigenvalue weighted by molar-refractivity contribution is 5.78. The summed E-state index contributed by atoms with van der Waals surface area (Å²) in [5, 5.41) is 3.05. The molecule has 1 amide bonds. The highest BCUT2D eigenvalue weighted by atomic mass is 16.5. The van der Waals surface area contributed by atoms with Gasteiger partial charge in [0.05, 0.1) is 13.2 Å². The molecule has 0 spiro atoms. The van der Waals surface area contributed by atoms with Crippen molar-refractivity contribution in [1.29, 1.82) is 0 Å². The predicted molar refractivity (Wildman–Crippen MR) is 116 cm³/mol. The maximum atomic E-state index is 12.5. The molecule has 1 saturated heterocycles. The maximum absolute atomic E-state index is 12.5. The molecule has 7 heteroatoms. The SMILES string of the molecule is CCOc1cc2c(cc1CNC(=O)CN1CCN(c3ccccn3)CC1)OC(C)C2. The first-order valence-electron chi connectivity index (χ1n) is 10.7. The van der Waals surface area contributed by atoms with Gasteiger partial charge in [0, 0.05) is 56.5 Å². The van der Waals surface area contributed by atoms with E-state index in [1.807, 2.05) is 37.4 Å². The van der Waals surface area contributed by atoms with Gasteiger partial charge in [-0.25, -0.2) is 4.98 Å². The summed E-state index contributed by atoms with van der Waals surface area (Å²) in [4.78, 5) is 21.4. The number of ether oxygens (including phenoxy) is 2. The molecule has 30 heavy (non-hydrogen) atoms. The lowest BCUT2D eigenvalue weighted by molar-refractivity contribution is -0.122. The molecule has 0 saturated carbocycles. The Bertz CT molecular complexity index is 866. The molecule has 1 aromatic carbocycles. The summed E-state index contributed by atoms with van der Waals surface area (Å²) in [6.07, 6.45) is 2.90.